The summed E-state index contributed by atoms with van der Waals surface area (Å²) in [5.41, 5.74) is 4.56. The first-order valence-corrected chi connectivity index (χ1v) is 8.96. The summed E-state index contributed by atoms with van der Waals surface area (Å²) in [6.07, 6.45) is 0. The van der Waals surface area contributed by atoms with E-state index in [1.54, 1.807) is 12.1 Å². The lowest BCUT2D eigenvalue weighted by molar-refractivity contribution is 0.475. The summed E-state index contributed by atoms with van der Waals surface area (Å²) in [6.45, 7) is 2.86. The molecule has 1 heterocycles. The van der Waals surface area contributed by atoms with Gasteiger partial charge in [-0.3, -0.25) is 0 Å². The van der Waals surface area contributed by atoms with E-state index in [0.29, 0.717) is 0 Å². The molecule has 0 atom stereocenters. The standard InChI is InChI=1S/C24H21NO2/c1-18-10-15-24(20-11-13-21(26)14-12-20)25(18)17-19-6-5-9-23(16-19)27-22-7-3-2-4-8-22/h2-16,26H,17H2,1H3. The van der Waals surface area contributed by atoms with E-state index in [4.69, 9.17) is 4.74 Å². The molecule has 4 rings (SSSR count). The summed E-state index contributed by atoms with van der Waals surface area (Å²) < 4.78 is 8.23. The zero-order chi connectivity index (χ0) is 18.6. The minimum atomic E-state index is 0.277. The summed E-state index contributed by atoms with van der Waals surface area (Å²) in [4.78, 5) is 0. The molecule has 0 spiro atoms. The molecule has 134 valence electrons. The number of phenolic OH excluding ortho intramolecular Hbond substituents is 1. The lowest BCUT2D eigenvalue weighted by atomic mass is 10.1. The highest BCUT2D eigenvalue weighted by molar-refractivity contribution is 5.62. The van der Waals surface area contributed by atoms with Crippen LogP contribution in [0.5, 0.6) is 17.2 Å². The highest BCUT2D eigenvalue weighted by atomic mass is 16.5. The predicted molar refractivity (Wildman–Crippen MR) is 108 cm³/mol. The minimum Gasteiger partial charge on any atom is -0.508 e. The fourth-order valence-corrected chi connectivity index (χ4v) is 3.18. The van der Waals surface area contributed by atoms with Gasteiger partial charge in [0.25, 0.3) is 0 Å². The SMILES string of the molecule is Cc1ccc(-c2ccc(O)cc2)n1Cc1cccc(Oc2ccccc2)c1. The zero-order valence-corrected chi connectivity index (χ0v) is 15.2. The third-order valence-corrected chi connectivity index (χ3v) is 4.58. The number of benzene rings is 3. The number of aromatic nitrogens is 1. The topological polar surface area (TPSA) is 34.4 Å². The van der Waals surface area contributed by atoms with Crippen molar-refractivity contribution in [3.8, 4) is 28.5 Å². The van der Waals surface area contributed by atoms with Gasteiger partial charge in [-0.25, -0.2) is 0 Å². The van der Waals surface area contributed by atoms with Crippen LogP contribution in [0.1, 0.15) is 11.3 Å². The Bertz CT molecular complexity index is 1030. The van der Waals surface area contributed by atoms with E-state index in [1.165, 1.54) is 11.3 Å². The summed E-state index contributed by atoms with van der Waals surface area (Å²) in [6, 6.07) is 29.5. The number of aryl methyl sites for hydroxylation is 1. The molecule has 3 heteroatoms. The van der Waals surface area contributed by atoms with Gasteiger partial charge in [-0.1, -0.05) is 30.3 Å². The van der Waals surface area contributed by atoms with E-state index in [0.717, 1.165) is 29.3 Å². The van der Waals surface area contributed by atoms with Gasteiger partial charge in [-0.15, -0.1) is 0 Å². The maximum Gasteiger partial charge on any atom is 0.127 e. The van der Waals surface area contributed by atoms with Gasteiger partial charge in [0.1, 0.15) is 17.2 Å². The molecule has 0 saturated heterocycles. The highest BCUT2D eigenvalue weighted by Crippen LogP contribution is 2.27. The van der Waals surface area contributed by atoms with Crippen LogP contribution in [0.15, 0.2) is 91.0 Å². The second kappa shape index (κ2) is 7.42. The van der Waals surface area contributed by atoms with Crippen molar-refractivity contribution >= 4 is 0 Å². The number of ether oxygens (including phenoxy) is 1. The molecule has 0 aliphatic carbocycles. The second-order valence-electron chi connectivity index (χ2n) is 6.56. The van der Waals surface area contributed by atoms with E-state index >= 15 is 0 Å². The first-order chi connectivity index (χ1) is 13.2. The molecule has 0 radical (unpaired) electrons. The first-order valence-electron chi connectivity index (χ1n) is 8.96. The van der Waals surface area contributed by atoms with Gasteiger partial charge >= 0.3 is 0 Å². The molecule has 27 heavy (non-hydrogen) atoms. The van der Waals surface area contributed by atoms with Gasteiger partial charge in [-0.05, 0) is 78.7 Å². The molecule has 0 saturated carbocycles. The molecular formula is C24H21NO2. The number of aromatic hydroxyl groups is 1. The van der Waals surface area contributed by atoms with E-state index in [1.807, 2.05) is 54.6 Å². The van der Waals surface area contributed by atoms with Crippen molar-refractivity contribution < 1.29 is 9.84 Å². The highest BCUT2D eigenvalue weighted by Gasteiger charge is 2.09. The van der Waals surface area contributed by atoms with Gasteiger partial charge in [0.05, 0.1) is 0 Å². The molecule has 1 aromatic heterocycles. The molecule has 0 bridgehead atoms. The Morgan fingerprint density at radius 3 is 2.30 bits per heavy atom. The Labute approximate surface area is 159 Å². The molecule has 0 fully saturated rings. The maximum absolute atomic E-state index is 9.54. The number of phenols is 1. The van der Waals surface area contributed by atoms with Crippen LogP contribution in [0.3, 0.4) is 0 Å². The van der Waals surface area contributed by atoms with E-state index in [9.17, 15) is 5.11 Å². The normalized spacial score (nSPS) is 10.7. The van der Waals surface area contributed by atoms with Gasteiger partial charge in [0.15, 0.2) is 0 Å². The average Bonchev–Trinajstić information content (AvgIpc) is 3.04. The quantitative estimate of drug-likeness (QED) is 0.476. The van der Waals surface area contributed by atoms with Crippen molar-refractivity contribution in [2.45, 2.75) is 13.5 Å². The predicted octanol–water partition coefficient (Wildman–Crippen LogP) is 6.01. The van der Waals surface area contributed by atoms with E-state index in [-0.39, 0.29) is 5.75 Å². The third kappa shape index (κ3) is 3.87. The van der Waals surface area contributed by atoms with Crippen molar-refractivity contribution in [2.75, 3.05) is 0 Å². The van der Waals surface area contributed by atoms with Crippen molar-refractivity contribution in [3.05, 3.63) is 102 Å². The molecule has 3 aromatic carbocycles. The van der Waals surface area contributed by atoms with E-state index < -0.39 is 0 Å². The number of hydrogen-bond acceptors (Lipinski definition) is 2. The van der Waals surface area contributed by atoms with Gasteiger partial charge in [0.2, 0.25) is 0 Å². The van der Waals surface area contributed by atoms with Crippen LogP contribution in [0.25, 0.3) is 11.3 Å². The molecule has 4 aromatic rings. The second-order valence-corrected chi connectivity index (χ2v) is 6.56. The maximum atomic E-state index is 9.54. The van der Waals surface area contributed by atoms with Crippen LogP contribution in [0, 0.1) is 6.92 Å². The van der Waals surface area contributed by atoms with Crippen LogP contribution in [-0.4, -0.2) is 9.67 Å². The lowest BCUT2D eigenvalue weighted by Crippen LogP contribution is -2.03. The molecule has 0 unspecified atom stereocenters. The number of hydrogen-bond donors (Lipinski definition) is 1. The number of rotatable bonds is 5. The Morgan fingerprint density at radius 1 is 0.778 bits per heavy atom. The third-order valence-electron chi connectivity index (χ3n) is 4.58. The Balaban J connectivity index is 1.60. The van der Waals surface area contributed by atoms with Gasteiger partial charge in [0, 0.05) is 17.9 Å². The summed E-state index contributed by atoms with van der Waals surface area (Å²) in [5.74, 6) is 1.94. The van der Waals surface area contributed by atoms with Crippen molar-refractivity contribution in [1.82, 2.24) is 4.57 Å². The van der Waals surface area contributed by atoms with Crippen LogP contribution < -0.4 is 4.74 Å². The van der Waals surface area contributed by atoms with Crippen LogP contribution in [0.4, 0.5) is 0 Å². The average molecular weight is 355 g/mol. The first kappa shape index (κ1) is 17.0. The minimum absolute atomic E-state index is 0.277. The van der Waals surface area contributed by atoms with Gasteiger partial charge < -0.3 is 14.4 Å². The molecule has 0 amide bonds. The summed E-state index contributed by atoms with van der Waals surface area (Å²) in [5, 5.41) is 9.54. The molecular weight excluding hydrogens is 334 g/mol. The Hall–Kier alpha value is -3.46. The Kier molecular flexibility index (Phi) is 4.67. The van der Waals surface area contributed by atoms with Crippen molar-refractivity contribution in [2.24, 2.45) is 0 Å². The fraction of sp³-hybridized carbons (Fsp3) is 0.0833. The zero-order valence-electron chi connectivity index (χ0n) is 15.2. The molecule has 3 nitrogen and oxygen atoms in total. The molecule has 0 aliphatic heterocycles. The Morgan fingerprint density at radius 2 is 1.52 bits per heavy atom. The summed E-state index contributed by atoms with van der Waals surface area (Å²) in [7, 11) is 0. The van der Waals surface area contributed by atoms with Crippen LogP contribution >= 0.6 is 0 Å². The summed E-state index contributed by atoms with van der Waals surface area (Å²) >= 11 is 0. The van der Waals surface area contributed by atoms with Crippen molar-refractivity contribution in [1.29, 1.82) is 0 Å². The fourth-order valence-electron chi connectivity index (χ4n) is 3.18. The largest absolute Gasteiger partial charge is 0.508 e. The van der Waals surface area contributed by atoms with Crippen LogP contribution in [0.2, 0.25) is 0 Å². The number of nitrogens with zero attached hydrogens (tertiary/aromatic N) is 1. The smallest absolute Gasteiger partial charge is 0.127 e. The van der Waals surface area contributed by atoms with Crippen molar-refractivity contribution in [3.63, 3.8) is 0 Å². The molecule has 1 N–H and O–H groups in total. The monoisotopic (exact) mass is 355 g/mol. The lowest BCUT2D eigenvalue weighted by Gasteiger charge is -2.13. The van der Waals surface area contributed by atoms with Gasteiger partial charge in [-0.2, -0.15) is 0 Å². The molecule has 0 aliphatic rings. The van der Waals surface area contributed by atoms with Crippen LogP contribution in [-0.2, 0) is 6.54 Å². The van der Waals surface area contributed by atoms with E-state index in [2.05, 4.69) is 35.8 Å². The number of para-hydroxylation sites is 1.